The fourth-order valence-corrected chi connectivity index (χ4v) is 1.40. The highest BCUT2D eigenvalue weighted by Gasteiger charge is 2.04. The van der Waals surface area contributed by atoms with E-state index in [4.69, 9.17) is 11.6 Å². The summed E-state index contributed by atoms with van der Waals surface area (Å²) in [6.07, 6.45) is 3.36. The third kappa shape index (κ3) is 1.72. The van der Waals surface area contributed by atoms with Gasteiger partial charge in [-0.15, -0.1) is 0 Å². The highest BCUT2D eigenvalue weighted by molar-refractivity contribution is 6.31. The molecule has 2 aromatic rings. The number of pyridine rings is 1. The zero-order valence-corrected chi connectivity index (χ0v) is 8.36. The third-order valence-corrected chi connectivity index (χ3v) is 2.11. The number of hydrogen-bond donors (Lipinski definition) is 0. The molecule has 0 saturated carbocycles. The van der Waals surface area contributed by atoms with Crippen molar-refractivity contribution in [3.05, 3.63) is 41.6 Å². The van der Waals surface area contributed by atoms with Crippen molar-refractivity contribution in [2.24, 2.45) is 0 Å². The van der Waals surface area contributed by atoms with Crippen LogP contribution >= 0.6 is 11.6 Å². The average Bonchev–Trinajstić information content (AvgIpc) is 2.18. The summed E-state index contributed by atoms with van der Waals surface area (Å²) in [5.41, 5.74) is 1.63. The molecule has 0 aromatic carbocycles. The molecule has 0 aliphatic rings. The maximum Gasteiger partial charge on any atom is 0.138 e. The van der Waals surface area contributed by atoms with Gasteiger partial charge in [-0.1, -0.05) is 11.6 Å². The molecule has 0 fully saturated rings. The second kappa shape index (κ2) is 3.72. The molecule has 3 nitrogen and oxygen atoms in total. The Morgan fingerprint density at radius 3 is 2.71 bits per heavy atom. The smallest absolute Gasteiger partial charge is 0.138 e. The predicted molar refractivity (Wildman–Crippen MR) is 55.0 cm³/mol. The Morgan fingerprint density at radius 2 is 2.00 bits per heavy atom. The maximum atomic E-state index is 5.94. The van der Waals surface area contributed by atoms with Gasteiger partial charge in [-0.25, -0.2) is 15.0 Å². The molecule has 2 heterocycles. The van der Waals surface area contributed by atoms with Gasteiger partial charge < -0.3 is 0 Å². The van der Waals surface area contributed by atoms with Gasteiger partial charge in [-0.05, 0) is 25.1 Å². The molecular weight excluding hydrogens is 198 g/mol. The van der Waals surface area contributed by atoms with Crippen LogP contribution in [0.25, 0.3) is 11.3 Å². The Morgan fingerprint density at radius 1 is 1.14 bits per heavy atom. The molecule has 0 radical (unpaired) electrons. The number of rotatable bonds is 1. The minimum atomic E-state index is 0.464. The second-order valence-electron chi connectivity index (χ2n) is 2.83. The molecule has 4 heteroatoms. The van der Waals surface area contributed by atoms with Crippen LogP contribution in [0.3, 0.4) is 0 Å². The van der Waals surface area contributed by atoms with E-state index in [2.05, 4.69) is 15.0 Å². The largest absolute Gasteiger partial charge is 0.244 e. The van der Waals surface area contributed by atoms with E-state index in [0.717, 1.165) is 17.1 Å². The molecule has 0 aliphatic carbocycles. The SMILES string of the molecule is Cc1nccc(-c2cccnc2Cl)n1. The second-order valence-corrected chi connectivity index (χ2v) is 3.19. The highest BCUT2D eigenvalue weighted by Crippen LogP contribution is 2.23. The summed E-state index contributed by atoms with van der Waals surface area (Å²) < 4.78 is 0. The van der Waals surface area contributed by atoms with Crippen LogP contribution in [-0.4, -0.2) is 15.0 Å². The lowest BCUT2D eigenvalue weighted by Crippen LogP contribution is -1.91. The molecule has 0 unspecified atom stereocenters. The van der Waals surface area contributed by atoms with Gasteiger partial charge >= 0.3 is 0 Å². The van der Waals surface area contributed by atoms with Crippen molar-refractivity contribution in [3.63, 3.8) is 0 Å². The van der Waals surface area contributed by atoms with Gasteiger partial charge in [-0.2, -0.15) is 0 Å². The molecule has 0 bridgehead atoms. The van der Waals surface area contributed by atoms with E-state index in [-0.39, 0.29) is 0 Å². The normalized spacial score (nSPS) is 10.1. The number of hydrogen-bond acceptors (Lipinski definition) is 3. The molecule has 70 valence electrons. The van der Waals surface area contributed by atoms with Crippen molar-refractivity contribution in [3.8, 4) is 11.3 Å². The number of aromatic nitrogens is 3. The van der Waals surface area contributed by atoms with Gasteiger partial charge in [0, 0.05) is 18.0 Å². The summed E-state index contributed by atoms with van der Waals surface area (Å²) in [7, 11) is 0. The van der Waals surface area contributed by atoms with Crippen molar-refractivity contribution in [1.29, 1.82) is 0 Å². The fourth-order valence-electron chi connectivity index (χ4n) is 1.18. The summed E-state index contributed by atoms with van der Waals surface area (Å²) in [4.78, 5) is 12.3. The molecule has 2 rings (SSSR count). The fraction of sp³-hybridized carbons (Fsp3) is 0.100. The van der Waals surface area contributed by atoms with Crippen molar-refractivity contribution >= 4 is 11.6 Å². The lowest BCUT2D eigenvalue weighted by Gasteiger charge is -2.02. The van der Waals surface area contributed by atoms with E-state index in [1.54, 1.807) is 12.4 Å². The standard InChI is InChI=1S/C10H8ClN3/c1-7-12-6-4-9(14-7)8-3-2-5-13-10(8)11/h2-6H,1H3. The van der Waals surface area contributed by atoms with Crippen LogP contribution < -0.4 is 0 Å². The third-order valence-electron chi connectivity index (χ3n) is 1.81. The van der Waals surface area contributed by atoms with Crippen LogP contribution in [-0.2, 0) is 0 Å². The predicted octanol–water partition coefficient (Wildman–Crippen LogP) is 2.50. The quantitative estimate of drug-likeness (QED) is 0.672. The minimum absolute atomic E-state index is 0.464. The van der Waals surface area contributed by atoms with Gasteiger partial charge in [0.1, 0.15) is 11.0 Å². The molecule has 2 aromatic heterocycles. The van der Waals surface area contributed by atoms with Gasteiger partial charge in [0.15, 0.2) is 0 Å². The number of aryl methyl sites for hydroxylation is 1. The molecule has 0 N–H and O–H groups in total. The zero-order chi connectivity index (χ0) is 9.97. The summed E-state index contributed by atoms with van der Waals surface area (Å²) in [5.74, 6) is 0.724. The first-order chi connectivity index (χ1) is 6.77. The van der Waals surface area contributed by atoms with Gasteiger partial charge in [0.25, 0.3) is 0 Å². The zero-order valence-electron chi connectivity index (χ0n) is 7.61. The van der Waals surface area contributed by atoms with Crippen LogP contribution in [0.2, 0.25) is 5.15 Å². The Kier molecular flexibility index (Phi) is 2.41. The summed E-state index contributed by atoms with van der Waals surface area (Å²) in [6.45, 7) is 1.84. The summed E-state index contributed by atoms with van der Waals surface area (Å²) in [6, 6.07) is 5.53. The van der Waals surface area contributed by atoms with Gasteiger partial charge in [-0.3, -0.25) is 0 Å². The Bertz CT molecular complexity index is 457. The van der Waals surface area contributed by atoms with Crippen LogP contribution in [0, 0.1) is 6.92 Å². The van der Waals surface area contributed by atoms with E-state index >= 15 is 0 Å². The van der Waals surface area contributed by atoms with E-state index < -0.39 is 0 Å². The average molecular weight is 206 g/mol. The minimum Gasteiger partial charge on any atom is -0.244 e. The number of nitrogens with zero attached hydrogens (tertiary/aromatic N) is 3. The lowest BCUT2D eigenvalue weighted by molar-refractivity contribution is 1.06. The molecule has 0 atom stereocenters. The first kappa shape index (κ1) is 9.09. The monoisotopic (exact) mass is 205 g/mol. The Balaban J connectivity index is 2.55. The molecule has 0 amide bonds. The van der Waals surface area contributed by atoms with Crippen LogP contribution in [0.5, 0.6) is 0 Å². The van der Waals surface area contributed by atoms with Gasteiger partial charge in [0.05, 0.1) is 5.69 Å². The molecule has 0 saturated heterocycles. The van der Waals surface area contributed by atoms with E-state index in [0.29, 0.717) is 5.15 Å². The lowest BCUT2D eigenvalue weighted by atomic mass is 10.2. The van der Waals surface area contributed by atoms with E-state index in [1.807, 2.05) is 25.1 Å². The van der Waals surface area contributed by atoms with Crippen LogP contribution in [0.4, 0.5) is 0 Å². The van der Waals surface area contributed by atoms with Crippen LogP contribution in [0.1, 0.15) is 5.82 Å². The topological polar surface area (TPSA) is 38.7 Å². The molecule has 0 aliphatic heterocycles. The first-order valence-corrected chi connectivity index (χ1v) is 4.56. The van der Waals surface area contributed by atoms with E-state index in [9.17, 15) is 0 Å². The Labute approximate surface area is 86.8 Å². The molecule has 14 heavy (non-hydrogen) atoms. The first-order valence-electron chi connectivity index (χ1n) is 4.18. The number of halogens is 1. The Hall–Kier alpha value is -1.48. The van der Waals surface area contributed by atoms with Crippen molar-refractivity contribution < 1.29 is 0 Å². The summed E-state index contributed by atoms with van der Waals surface area (Å²) >= 11 is 5.94. The maximum absolute atomic E-state index is 5.94. The van der Waals surface area contributed by atoms with Crippen LogP contribution in [0.15, 0.2) is 30.6 Å². The summed E-state index contributed by atoms with van der Waals surface area (Å²) in [5, 5.41) is 0.464. The van der Waals surface area contributed by atoms with E-state index in [1.165, 1.54) is 0 Å². The highest BCUT2D eigenvalue weighted by atomic mass is 35.5. The molecule has 0 spiro atoms. The van der Waals surface area contributed by atoms with Gasteiger partial charge in [0.2, 0.25) is 0 Å². The van der Waals surface area contributed by atoms with Crippen molar-refractivity contribution in [2.45, 2.75) is 6.92 Å². The van der Waals surface area contributed by atoms with Crippen molar-refractivity contribution in [2.75, 3.05) is 0 Å². The molecular formula is C10H8ClN3. The van der Waals surface area contributed by atoms with Crippen molar-refractivity contribution in [1.82, 2.24) is 15.0 Å².